The predicted molar refractivity (Wildman–Crippen MR) is 116 cm³/mol. The largest absolute Gasteiger partial charge is 0.348 e. The highest BCUT2D eigenvalue weighted by atomic mass is 35.5. The number of hydrogen-bond donors (Lipinski definition) is 3. The average Bonchev–Trinajstić information content (AvgIpc) is 3.10. The molecule has 0 saturated heterocycles. The molecule has 0 bridgehead atoms. The molecule has 2 aromatic carbocycles. The van der Waals surface area contributed by atoms with Crippen molar-refractivity contribution in [1.82, 2.24) is 24.8 Å². The zero-order valence-electron chi connectivity index (χ0n) is 16.4. The number of halogens is 2. The highest BCUT2D eigenvalue weighted by Crippen LogP contribution is 2.27. The van der Waals surface area contributed by atoms with Crippen LogP contribution in [0.15, 0.2) is 47.5 Å². The molecule has 1 aliphatic heterocycles. The summed E-state index contributed by atoms with van der Waals surface area (Å²) in [5, 5.41) is 12.1. The van der Waals surface area contributed by atoms with E-state index in [2.05, 4.69) is 25.1 Å². The second kappa shape index (κ2) is 8.74. The van der Waals surface area contributed by atoms with E-state index in [-0.39, 0.29) is 25.5 Å². The van der Waals surface area contributed by atoms with Crippen molar-refractivity contribution in [2.24, 2.45) is 10.1 Å². The Kier molecular flexibility index (Phi) is 6.02. The first-order chi connectivity index (χ1) is 15.2. The van der Waals surface area contributed by atoms with Gasteiger partial charge in [0.25, 0.3) is 16.1 Å². The Balaban J connectivity index is 1.66. The molecule has 0 unspecified atom stereocenters. The lowest BCUT2D eigenvalue weighted by Gasteiger charge is -2.11. The van der Waals surface area contributed by atoms with E-state index in [4.69, 9.17) is 16.7 Å². The zero-order valence-corrected chi connectivity index (χ0v) is 18.0. The maximum Gasteiger partial charge on any atom is 0.291 e. The molecule has 10 nitrogen and oxygen atoms in total. The van der Waals surface area contributed by atoms with Crippen molar-refractivity contribution in [2.45, 2.75) is 6.54 Å². The average molecular weight is 478 g/mol. The van der Waals surface area contributed by atoms with Gasteiger partial charge in [-0.25, -0.2) is 23.9 Å². The molecule has 32 heavy (non-hydrogen) atoms. The van der Waals surface area contributed by atoms with Gasteiger partial charge < -0.3 is 5.32 Å². The van der Waals surface area contributed by atoms with Crippen molar-refractivity contribution in [1.29, 1.82) is 0 Å². The third kappa shape index (κ3) is 4.67. The SMILES string of the molecule is NS(=O)(=O)NCCNC(=O)c1nc2n(n1)-c1ccc(Cl)cc1C(c1ccccc1F)=NC2. The summed E-state index contributed by atoms with van der Waals surface area (Å²) >= 11 is 6.19. The van der Waals surface area contributed by atoms with Gasteiger partial charge in [-0.1, -0.05) is 23.7 Å². The summed E-state index contributed by atoms with van der Waals surface area (Å²) in [6.45, 7) is -0.0557. The number of nitrogens with two attached hydrogens (primary N) is 1. The predicted octanol–water partition coefficient (Wildman–Crippen LogP) is 0.934. The van der Waals surface area contributed by atoms with E-state index in [1.165, 1.54) is 10.7 Å². The minimum atomic E-state index is -3.85. The number of carbonyl (C=O) groups is 1. The van der Waals surface area contributed by atoms with Gasteiger partial charge in [0.05, 0.1) is 17.9 Å². The lowest BCUT2D eigenvalue weighted by atomic mass is 10.00. The van der Waals surface area contributed by atoms with Gasteiger partial charge in [0.2, 0.25) is 5.82 Å². The fourth-order valence-corrected chi connectivity index (χ4v) is 3.74. The highest BCUT2D eigenvalue weighted by Gasteiger charge is 2.25. The Labute approximate surface area is 187 Å². The maximum atomic E-state index is 14.5. The molecular formula is C19H17ClFN7O3S. The summed E-state index contributed by atoms with van der Waals surface area (Å²) in [4.78, 5) is 21.2. The van der Waals surface area contributed by atoms with E-state index >= 15 is 0 Å². The number of carbonyl (C=O) groups excluding carboxylic acids is 1. The summed E-state index contributed by atoms with van der Waals surface area (Å²) in [5.41, 5.74) is 1.77. The fraction of sp³-hybridized carbons (Fsp3) is 0.158. The minimum Gasteiger partial charge on any atom is -0.348 e. The summed E-state index contributed by atoms with van der Waals surface area (Å²) < 4.78 is 39.8. The second-order valence-electron chi connectivity index (χ2n) is 6.76. The third-order valence-corrected chi connectivity index (χ3v) is 5.38. The Bertz CT molecular complexity index is 1340. The molecule has 1 aromatic heterocycles. The number of rotatable bonds is 6. The van der Waals surface area contributed by atoms with Crippen molar-refractivity contribution in [3.05, 3.63) is 76.1 Å². The van der Waals surface area contributed by atoms with Gasteiger partial charge in [-0.05, 0) is 30.3 Å². The van der Waals surface area contributed by atoms with Crippen LogP contribution in [0.25, 0.3) is 5.69 Å². The number of nitrogens with one attached hydrogen (secondary N) is 2. The lowest BCUT2D eigenvalue weighted by Crippen LogP contribution is -2.38. The number of fused-ring (bicyclic) bond motifs is 3. The normalized spacial score (nSPS) is 13.0. The van der Waals surface area contributed by atoms with E-state index in [0.717, 1.165) is 0 Å². The molecule has 1 aliphatic rings. The van der Waals surface area contributed by atoms with Crippen LogP contribution in [-0.4, -0.2) is 47.9 Å². The van der Waals surface area contributed by atoms with Gasteiger partial charge in [0, 0.05) is 29.2 Å². The van der Waals surface area contributed by atoms with E-state index < -0.39 is 21.9 Å². The Hall–Kier alpha value is -3.19. The standard InChI is InChI=1S/C19H17ClFN7O3S/c20-11-5-6-15-13(9-11)17(12-3-1-2-4-14(12)21)24-10-16-26-18(27-28(15)16)19(29)23-7-8-25-32(22,30)31/h1-6,9,25H,7-8,10H2,(H,23,29)(H2,22,30,31). The quantitative estimate of drug-likeness (QED) is 0.452. The minimum absolute atomic E-state index is 0.0130. The number of aliphatic imine (C=N–C) groups is 1. The number of amides is 1. The number of hydrogen-bond acceptors (Lipinski definition) is 6. The van der Waals surface area contributed by atoms with Crippen LogP contribution in [0.5, 0.6) is 0 Å². The topological polar surface area (TPSA) is 144 Å². The number of benzene rings is 2. The molecule has 0 fully saturated rings. The van der Waals surface area contributed by atoms with Crippen molar-refractivity contribution in [2.75, 3.05) is 13.1 Å². The van der Waals surface area contributed by atoms with Crippen LogP contribution < -0.4 is 15.2 Å². The molecule has 3 aromatic rings. The van der Waals surface area contributed by atoms with Crippen LogP contribution in [0.2, 0.25) is 5.02 Å². The lowest BCUT2D eigenvalue weighted by molar-refractivity contribution is 0.0944. The first-order valence-corrected chi connectivity index (χ1v) is 11.3. The first kappa shape index (κ1) is 22.0. The molecule has 166 valence electrons. The van der Waals surface area contributed by atoms with Crippen LogP contribution in [0.1, 0.15) is 27.6 Å². The van der Waals surface area contributed by atoms with Crippen LogP contribution in [-0.2, 0) is 16.8 Å². The molecule has 0 spiro atoms. The molecule has 0 aliphatic carbocycles. The smallest absolute Gasteiger partial charge is 0.291 e. The van der Waals surface area contributed by atoms with Gasteiger partial charge in [0.15, 0.2) is 5.82 Å². The summed E-state index contributed by atoms with van der Waals surface area (Å²) in [5.74, 6) is -0.790. The van der Waals surface area contributed by atoms with Gasteiger partial charge >= 0.3 is 0 Å². The van der Waals surface area contributed by atoms with Crippen molar-refractivity contribution >= 4 is 33.4 Å². The third-order valence-electron chi connectivity index (χ3n) is 4.54. The summed E-state index contributed by atoms with van der Waals surface area (Å²) in [6, 6.07) is 11.2. The van der Waals surface area contributed by atoms with Crippen LogP contribution in [0.3, 0.4) is 0 Å². The molecule has 0 radical (unpaired) electrons. The van der Waals surface area contributed by atoms with E-state index in [1.54, 1.807) is 36.4 Å². The van der Waals surface area contributed by atoms with Crippen molar-refractivity contribution < 1.29 is 17.6 Å². The Morgan fingerprint density at radius 1 is 1.19 bits per heavy atom. The number of aromatic nitrogens is 3. The summed E-state index contributed by atoms with van der Waals surface area (Å²) in [7, 11) is -3.85. The molecular weight excluding hydrogens is 461 g/mol. The van der Waals surface area contributed by atoms with Gasteiger partial charge in [-0.15, -0.1) is 5.10 Å². The summed E-state index contributed by atoms with van der Waals surface area (Å²) in [6.07, 6.45) is 0. The zero-order chi connectivity index (χ0) is 22.9. The molecule has 1 amide bonds. The molecule has 2 heterocycles. The fourth-order valence-electron chi connectivity index (χ4n) is 3.19. The van der Waals surface area contributed by atoms with Crippen LogP contribution in [0.4, 0.5) is 4.39 Å². The highest BCUT2D eigenvalue weighted by molar-refractivity contribution is 7.87. The number of nitrogens with zero attached hydrogens (tertiary/aromatic N) is 4. The van der Waals surface area contributed by atoms with Gasteiger partial charge in [0.1, 0.15) is 5.82 Å². The van der Waals surface area contributed by atoms with E-state index in [9.17, 15) is 17.6 Å². The molecule has 4 rings (SSSR count). The first-order valence-electron chi connectivity index (χ1n) is 9.34. The molecule has 13 heteroatoms. The van der Waals surface area contributed by atoms with E-state index in [0.29, 0.717) is 33.4 Å². The monoisotopic (exact) mass is 477 g/mol. The Morgan fingerprint density at radius 2 is 1.97 bits per heavy atom. The van der Waals surface area contributed by atoms with E-state index in [1.807, 2.05) is 0 Å². The van der Waals surface area contributed by atoms with Crippen LogP contribution >= 0.6 is 11.6 Å². The van der Waals surface area contributed by atoms with Gasteiger partial charge in [-0.3, -0.25) is 9.79 Å². The second-order valence-corrected chi connectivity index (χ2v) is 8.58. The molecule has 4 N–H and O–H groups in total. The van der Waals surface area contributed by atoms with Gasteiger partial charge in [-0.2, -0.15) is 8.42 Å². The van der Waals surface area contributed by atoms with Crippen LogP contribution in [0, 0.1) is 5.82 Å². The van der Waals surface area contributed by atoms with Crippen molar-refractivity contribution in [3.8, 4) is 5.69 Å². The van der Waals surface area contributed by atoms with Crippen molar-refractivity contribution in [3.63, 3.8) is 0 Å². The Morgan fingerprint density at radius 3 is 2.72 bits per heavy atom. The maximum absolute atomic E-state index is 14.5. The molecule has 0 atom stereocenters. The molecule has 0 saturated carbocycles.